The number of hydrogen-bond donors (Lipinski definition) is 4. The molecule has 196 valence electrons. The van der Waals surface area contributed by atoms with Crippen LogP contribution >= 0.6 is 0 Å². The van der Waals surface area contributed by atoms with Crippen molar-refractivity contribution in [3.63, 3.8) is 0 Å². The molecule has 0 aliphatic carbocycles. The molecule has 0 saturated carbocycles. The maximum absolute atomic E-state index is 14.5. The topological polar surface area (TPSA) is 99.7 Å². The van der Waals surface area contributed by atoms with Crippen LogP contribution in [0.1, 0.15) is 36.0 Å². The smallest absolute Gasteiger partial charge is 0.416 e. The van der Waals surface area contributed by atoms with E-state index in [0.717, 1.165) is 12.1 Å². The monoisotopic (exact) mass is 511 g/mol. The number of nitrogens with one attached hydrogen (secondary N) is 3. The zero-order valence-corrected chi connectivity index (χ0v) is 19.5. The Labute approximate surface area is 206 Å². The molecule has 4 N–H and O–H groups in total. The van der Waals surface area contributed by atoms with Crippen LogP contribution in [0.4, 0.5) is 17.6 Å². The summed E-state index contributed by atoms with van der Waals surface area (Å²) in [7, 11) is 0. The van der Waals surface area contributed by atoms with Crippen molar-refractivity contribution in [1.82, 2.24) is 16.0 Å². The molecule has 2 bridgehead atoms. The summed E-state index contributed by atoms with van der Waals surface area (Å²) in [6, 6.07) is 8.33. The summed E-state index contributed by atoms with van der Waals surface area (Å²) in [6.07, 6.45) is -4.32. The molecule has 2 heterocycles. The minimum atomic E-state index is -4.46. The normalized spacial score (nSPS) is 18.8. The molecule has 2 atom stereocenters. The van der Waals surface area contributed by atoms with E-state index in [1.54, 1.807) is 6.07 Å². The van der Waals surface area contributed by atoms with E-state index in [2.05, 4.69) is 16.0 Å². The van der Waals surface area contributed by atoms with Crippen molar-refractivity contribution in [3.05, 3.63) is 65.0 Å². The average molecular weight is 512 g/mol. The second-order valence-electron chi connectivity index (χ2n) is 8.62. The molecule has 2 aliphatic rings. The Balaban J connectivity index is 1.68. The fraction of sp³-hybridized carbons (Fsp3) is 0.440. The van der Waals surface area contributed by atoms with Crippen LogP contribution in [-0.4, -0.2) is 48.8 Å². The number of alkyl halides is 3. The van der Waals surface area contributed by atoms with Gasteiger partial charge in [-0.1, -0.05) is 24.3 Å². The van der Waals surface area contributed by atoms with Crippen LogP contribution in [0.3, 0.4) is 0 Å². The van der Waals surface area contributed by atoms with Gasteiger partial charge in [0.15, 0.2) is 11.6 Å². The highest BCUT2D eigenvalue weighted by Gasteiger charge is 2.30. The summed E-state index contributed by atoms with van der Waals surface area (Å²) >= 11 is 0. The Hall–Kier alpha value is -3.18. The standard InChI is InChI=1S/C25H29F4N3O4/c26-19-11-16-7-8-22(19)36-9-2-1-6-23(34)31-15-24(35)32-20(12-16)21(33)14-30-13-17-4-3-5-18(10-17)25(27,28)29/h3-5,7-8,10-11,20-21,30,33H,1-2,6,9,12-15H2,(H,31,34)(H,32,35)/t20-,21+/m0/s1. The molecular formula is C25H29F4N3O4. The van der Waals surface area contributed by atoms with E-state index in [4.69, 9.17) is 4.74 Å². The lowest BCUT2D eigenvalue weighted by Gasteiger charge is -2.25. The second kappa shape index (κ2) is 12.7. The van der Waals surface area contributed by atoms with Crippen LogP contribution in [0.5, 0.6) is 5.75 Å². The number of fused-ring (bicyclic) bond motifs is 13. The number of aliphatic hydroxyl groups is 1. The van der Waals surface area contributed by atoms with Crippen molar-refractivity contribution in [2.24, 2.45) is 0 Å². The molecule has 36 heavy (non-hydrogen) atoms. The lowest BCUT2D eigenvalue weighted by atomic mass is 10.0. The number of hydrogen-bond acceptors (Lipinski definition) is 5. The van der Waals surface area contributed by atoms with Gasteiger partial charge in [0, 0.05) is 19.5 Å². The number of ether oxygens (including phenoxy) is 1. The van der Waals surface area contributed by atoms with Crippen molar-refractivity contribution in [2.75, 3.05) is 19.7 Å². The molecule has 0 unspecified atom stereocenters. The molecule has 0 saturated heterocycles. The maximum Gasteiger partial charge on any atom is 0.416 e. The lowest BCUT2D eigenvalue weighted by molar-refractivity contribution is -0.137. The van der Waals surface area contributed by atoms with Gasteiger partial charge >= 0.3 is 6.18 Å². The number of amides is 2. The molecule has 0 aromatic heterocycles. The summed E-state index contributed by atoms with van der Waals surface area (Å²) in [5.74, 6) is -1.36. The van der Waals surface area contributed by atoms with Crippen molar-refractivity contribution < 1.29 is 37.0 Å². The first-order valence-electron chi connectivity index (χ1n) is 11.6. The van der Waals surface area contributed by atoms with E-state index in [1.807, 2.05) is 0 Å². The van der Waals surface area contributed by atoms with Crippen LogP contribution < -0.4 is 20.7 Å². The predicted molar refractivity (Wildman–Crippen MR) is 124 cm³/mol. The third-order valence-electron chi connectivity index (χ3n) is 5.70. The van der Waals surface area contributed by atoms with Gasteiger partial charge in [-0.25, -0.2) is 4.39 Å². The second-order valence-corrected chi connectivity index (χ2v) is 8.62. The van der Waals surface area contributed by atoms with Crippen molar-refractivity contribution in [3.8, 4) is 5.75 Å². The highest BCUT2D eigenvalue weighted by Crippen LogP contribution is 2.29. The number of carbonyl (C=O) groups is 2. The molecule has 0 fully saturated rings. The van der Waals surface area contributed by atoms with Crippen LogP contribution in [0, 0.1) is 5.82 Å². The van der Waals surface area contributed by atoms with Gasteiger partial charge in [0.1, 0.15) is 0 Å². The number of rotatable bonds is 5. The predicted octanol–water partition coefficient (Wildman–Crippen LogP) is 2.70. The van der Waals surface area contributed by atoms with Crippen molar-refractivity contribution in [2.45, 2.75) is 50.6 Å². The van der Waals surface area contributed by atoms with E-state index in [9.17, 15) is 32.3 Å². The number of halogens is 4. The molecular weight excluding hydrogens is 482 g/mol. The zero-order chi connectivity index (χ0) is 26.1. The van der Waals surface area contributed by atoms with E-state index >= 15 is 0 Å². The minimum absolute atomic E-state index is 0.0539. The van der Waals surface area contributed by atoms with Gasteiger partial charge in [-0.05, 0) is 48.6 Å². The van der Waals surface area contributed by atoms with Crippen LogP contribution in [-0.2, 0) is 28.7 Å². The van der Waals surface area contributed by atoms with E-state index in [-0.39, 0.29) is 50.7 Å². The summed E-state index contributed by atoms with van der Waals surface area (Å²) in [5, 5.41) is 18.8. The molecule has 11 heteroatoms. The summed E-state index contributed by atoms with van der Waals surface area (Å²) < 4.78 is 58.7. The average Bonchev–Trinajstić information content (AvgIpc) is 2.82. The quantitative estimate of drug-likeness (QED) is 0.463. The Bertz CT molecular complexity index is 1050. The van der Waals surface area contributed by atoms with E-state index in [0.29, 0.717) is 24.0 Å². The Morgan fingerprint density at radius 2 is 1.92 bits per heavy atom. The molecule has 0 spiro atoms. The van der Waals surface area contributed by atoms with Crippen LogP contribution in [0.15, 0.2) is 42.5 Å². The zero-order valence-electron chi connectivity index (χ0n) is 19.5. The SMILES string of the molecule is O=C1CCCCOc2ccc(cc2F)C[C@@H]([C@H](O)CNCc2cccc(C(F)(F)F)c2)NC(=O)CN1. The van der Waals surface area contributed by atoms with Crippen molar-refractivity contribution >= 4 is 11.8 Å². The minimum Gasteiger partial charge on any atom is -0.491 e. The molecule has 2 amide bonds. The van der Waals surface area contributed by atoms with Gasteiger partial charge in [-0.2, -0.15) is 13.2 Å². The van der Waals surface area contributed by atoms with E-state index < -0.39 is 35.6 Å². The third kappa shape index (κ3) is 8.49. The van der Waals surface area contributed by atoms with Gasteiger partial charge in [0.25, 0.3) is 0 Å². The van der Waals surface area contributed by atoms with Gasteiger partial charge in [-0.3, -0.25) is 9.59 Å². The highest BCUT2D eigenvalue weighted by molar-refractivity contribution is 5.84. The first-order valence-corrected chi connectivity index (χ1v) is 11.6. The Morgan fingerprint density at radius 1 is 1.11 bits per heavy atom. The first kappa shape index (κ1) is 27.4. The molecule has 2 aromatic carbocycles. The summed E-state index contributed by atoms with van der Waals surface area (Å²) in [6.45, 7) is -0.0535. The fourth-order valence-corrected chi connectivity index (χ4v) is 3.78. The van der Waals surface area contributed by atoms with Crippen molar-refractivity contribution in [1.29, 1.82) is 0 Å². The van der Waals surface area contributed by atoms with Gasteiger partial charge in [0.05, 0.1) is 30.9 Å². The number of aliphatic hydroxyl groups excluding tert-OH is 1. The summed E-state index contributed by atoms with van der Waals surface area (Å²) in [5.41, 5.74) is 0.0984. The summed E-state index contributed by atoms with van der Waals surface area (Å²) in [4.78, 5) is 24.4. The lowest BCUT2D eigenvalue weighted by Crippen LogP contribution is -2.51. The first-order chi connectivity index (χ1) is 17.1. The van der Waals surface area contributed by atoms with Gasteiger partial charge < -0.3 is 25.8 Å². The highest BCUT2D eigenvalue weighted by atomic mass is 19.4. The number of benzene rings is 2. The van der Waals surface area contributed by atoms with Crippen LogP contribution in [0.25, 0.3) is 0 Å². The number of carbonyl (C=O) groups excluding carboxylic acids is 2. The van der Waals surface area contributed by atoms with Crippen LogP contribution in [0.2, 0.25) is 0 Å². The molecule has 2 aromatic rings. The third-order valence-corrected chi connectivity index (χ3v) is 5.70. The largest absolute Gasteiger partial charge is 0.491 e. The van der Waals surface area contributed by atoms with Gasteiger partial charge in [-0.15, -0.1) is 0 Å². The molecule has 4 rings (SSSR count). The van der Waals surface area contributed by atoms with Gasteiger partial charge in [0.2, 0.25) is 11.8 Å². The molecule has 0 radical (unpaired) electrons. The fourth-order valence-electron chi connectivity index (χ4n) is 3.78. The Kier molecular flexibility index (Phi) is 9.65. The Morgan fingerprint density at radius 3 is 2.67 bits per heavy atom. The molecule has 2 aliphatic heterocycles. The van der Waals surface area contributed by atoms with E-state index in [1.165, 1.54) is 24.3 Å². The molecule has 7 nitrogen and oxygen atoms in total. The maximum atomic E-state index is 14.5.